The van der Waals surface area contributed by atoms with Gasteiger partial charge >= 0.3 is 12.1 Å². The van der Waals surface area contributed by atoms with Crippen molar-refractivity contribution in [3.05, 3.63) is 0 Å². The molecule has 2 aliphatic rings. The monoisotopic (exact) mass is 350 g/mol. The molecule has 0 aromatic rings. The van der Waals surface area contributed by atoms with E-state index in [1.807, 2.05) is 0 Å². The molecular weight excluding hydrogens is 329 g/mol. The molecule has 1 N–H and O–H groups in total. The average Bonchev–Trinajstić information content (AvgIpc) is 3.00. The summed E-state index contributed by atoms with van der Waals surface area (Å²) in [5.41, 5.74) is -2.92. The molecule has 6 nitrogen and oxygen atoms in total. The molecular formula is C15H21F3N2O4. The molecule has 2 rings (SSSR count). The quantitative estimate of drug-likeness (QED) is 0.839. The normalized spacial score (nSPS) is 28.1. The van der Waals surface area contributed by atoms with E-state index in [0.717, 1.165) is 11.3 Å². The second-order valence-corrected chi connectivity index (χ2v) is 6.35. The summed E-state index contributed by atoms with van der Waals surface area (Å²) in [7, 11) is 0. The molecule has 9 heteroatoms. The van der Waals surface area contributed by atoms with Crippen LogP contribution in [0.2, 0.25) is 0 Å². The van der Waals surface area contributed by atoms with Gasteiger partial charge in [0.25, 0.3) is 0 Å². The van der Waals surface area contributed by atoms with Crippen molar-refractivity contribution in [1.29, 1.82) is 0 Å². The fraction of sp³-hybridized carbons (Fsp3) is 0.800. The zero-order chi connectivity index (χ0) is 18.1. The van der Waals surface area contributed by atoms with Crippen LogP contribution in [0.1, 0.15) is 39.0 Å². The Kier molecular flexibility index (Phi) is 5.10. The Bertz CT molecular complexity index is 537. The highest BCUT2D eigenvalue weighted by Crippen LogP contribution is 2.46. The molecule has 0 spiro atoms. The minimum atomic E-state index is -4.93. The maximum atomic E-state index is 13.2. The molecule has 0 radical (unpaired) electrons. The molecule has 2 aliphatic heterocycles. The molecule has 2 fully saturated rings. The zero-order valence-corrected chi connectivity index (χ0v) is 13.4. The molecule has 2 amide bonds. The van der Waals surface area contributed by atoms with Crippen molar-refractivity contribution >= 4 is 17.8 Å². The number of alkyl halides is 3. The van der Waals surface area contributed by atoms with Crippen LogP contribution in [-0.2, 0) is 14.4 Å². The Labute approximate surface area is 137 Å². The second kappa shape index (κ2) is 6.60. The number of nitrogens with zero attached hydrogens (tertiary/aromatic N) is 2. The van der Waals surface area contributed by atoms with E-state index in [0.29, 0.717) is 19.4 Å². The van der Waals surface area contributed by atoms with Crippen molar-refractivity contribution in [2.75, 3.05) is 19.6 Å². The van der Waals surface area contributed by atoms with Crippen LogP contribution >= 0.6 is 0 Å². The van der Waals surface area contributed by atoms with Crippen molar-refractivity contribution in [3.8, 4) is 0 Å². The summed E-state index contributed by atoms with van der Waals surface area (Å²) in [6.07, 6.45) is -3.53. The predicted molar refractivity (Wildman–Crippen MR) is 77.0 cm³/mol. The van der Waals surface area contributed by atoms with Crippen molar-refractivity contribution in [2.45, 2.75) is 51.2 Å². The number of hydrogen-bond acceptors (Lipinski definition) is 3. The van der Waals surface area contributed by atoms with Crippen LogP contribution in [0, 0.1) is 5.41 Å². The summed E-state index contributed by atoms with van der Waals surface area (Å²) in [4.78, 5) is 38.2. The Morgan fingerprint density at radius 3 is 2.38 bits per heavy atom. The van der Waals surface area contributed by atoms with E-state index in [1.54, 1.807) is 6.92 Å². The maximum Gasteiger partial charge on any atom is 0.406 e. The van der Waals surface area contributed by atoms with Crippen LogP contribution in [0.3, 0.4) is 0 Å². The molecule has 2 atom stereocenters. The van der Waals surface area contributed by atoms with Gasteiger partial charge in [0.05, 0.1) is 0 Å². The fourth-order valence-electron chi connectivity index (χ4n) is 3.43. The van der Waals surface area contributed by atoms with E-state index in [9.17, 15) is 27.6 Å². The number of amides is 2. The molecule has 2 heterocycles. The van der Waals surface area contributed by atoms with Crippen LogP contribution < -0.4 is 0 Å². The van der Waals surface area contributed by atoms with Crippen molar-refractivity contribution in [3.63, 3.8) is 0 Å². The summed E-state index contributed by atoms with van der Waals surface area (Å²) in [6.45, 7) is 0.901. The number of aliphatic carboxylic acids is 1. The van der Waals surface area contributed by atoms with E-state index in [-0.39, 0.29) is 18.9 Å². The number of carboxylic acid groups (broad SMARTS) is 1. The Balaban J connectivity index is 2.18. The summed E-state index contributed by atoms with van der Waals surface area (Å²) < 4.78 is 39.7. The van der Waals surface area contributed by atoms with Crippen LogP contribution in [0.25, 0.3) is 0 Å². The molecule has 0 aromatic heterocycles. The van der Waals surface area contributed by atoms with E-state index >= 15 is 0 Å². The van der Waals surface area contributed by atoms with E-state index in [1.165, 1.54) is 4.90 Å². The molecule has 0 bridgehead atoms. The van der Waals surface area contributed by atoms with Crippen LogP contribution in [0.4, 0.5) is 13.2 Å². The number of carboxylic acids is 1. The van der Waals surface area contributed by atoms with Crippen LogP contribution in [0.5, 0.6) is 0 Å². The van der Waals surface area contributed by atoms with Crippen LogP contribution in [0.15, 0.2) is 0 Å². The van der Waals surface area contributed by atoms with Crippen LogP contribution in [-0.4, -0.2) is 64.5 Å². The third kappa shape index (κ3) is 3.08. The molecule has 2 saturated heterocycles. The standard InChI is InChI=1S/C15H21F3N2O4/c1-2-11(21)20-7-4-3-5-10(20)12(22)19-8-6-14(9-19,13(23)24)15(16,17)18/h10H,2-9H2,1H3,(H,23,24). The van der Waals surface area contributed by atoms with Gasteiger partial charge in [-0.1, -0.05) is 6.92 Å². The minimum absolute atomic E-state index is 0.214. The number of rotatable bonds is 3. The lowest BCUT2D eigenvalue weighted by Gasteiger charge is -2.37. The first-order valence-electron chi connectivity index (χ1n) is 8.02. The Morgan fingerprint density at radius 1 is 1.21 bits per heavy atom. The van der Waals surface area contributed by atoms with Gasteiger partial charge in [-0.3, -0.25) is 14.4 Å². The Morgan fingerprint density at radius 2 is 1.88 bits per heavy atom. The van der Waals surface area contributed by atoms with Gasteiger partial charge in [0.2, 0.25) is 11.8 Å². The van der Waals surface area contributed by atoms with Gasteiger partial charge in [-0.15, -0.1) is 0 Å². The van der Waals surface area contributed by atoms with Gasteiger partial charge in [-0.05, 0) is 25.7 Å². The molecule has 2 unspecified atom stereocenters. The second-order valence-electron chi connectivity index (χ2n) is 6.35. The van der Waals surface area contributed by atoms with Gasteiger partial charge in [0, 0.05) is 26.1 Å². The summed E-state index contributed by atoms with van der Waals surface area (Å²) >= 11 is 0. The lowest BCUT2D eigenvalue weighted by atomic mass is 9.86. The molecule has 0 aliphatic carbocycles. The largest absolute Gasteiger partial charge is 0.481 e. The number of likely N-dealkylation sites (tertiary alicyclic amines) is 2. The highest BCUT2D eigenvalue weighted by atomic mass is 19.4. The molecule has 24 heavy (non-hydrogen) atoms. The van der Waals surface area contributed by atoms with Gasteiger partial charge in [-0.2, -0.15) is 13.2 Å². The third-order valence-corrected chi connectivity index (χ3v) is 4.94. The maximum absolute atomic E-state index is 13.2. The topological polar surface area (TPSA) is 77.9 Å². The highest BCUT2D eigenvalue weighted by molar-refractivity contribution is 5.89. The summed E-state index contributed by atoms with van der Waals surface area (Å²) in [5, 5.41) is 9.07. The Hall–Kier alpha value is -1.80. The SMILES string of the molecule is CCC(=O)N1CCCCC1C(=O)N1CCC(C(=O)O)(C(F)(F)F)C1. The number of halogens is 3. The van der Waals surface area contributed by atoms with Gasteiger partial charge in [-0.25, -0.2) is 0 Å². The van der Waals surface area contributed by atoms with Gasteiger partial charge < -0.3 is 14.9 Å². The number of carbonyl (C=O) groups excluding carboxylic acids is 2. The van der Waals surface area contributed by atoms with Crippen molar-refractivity contribution in [1.82, 2.24) is 9.80 Å². The molecule has 0 saturated carbocycles. The number of carbonyl (C=O) groups is 3. The average molecular weight is 350 g/mol. The highest BCUT2D eigenvalue weighted by Gasteiger charge is 2.64. The lowest BCUT2D eigenvalue weighted by molar-refractivity contribution is -0.227. The molecule has 0 aromatic carbocycles. The third-order valence-electron chi connectivity index (χ3n) is 4.94. The first-order chi connectivity index (χ1) is 11.1. The van der Waals surface area contributed by atoms with E-state index in [2.05, 4.69) is 0 Å². The summed E-state index contributed by atoms with van der Waals surface area (Å²) in [6, 6.07) is -0.788. The molecule has 136 valence electrons. The van der Waals surface area contributed by atoms with Crippen molar-refractivity contribution in [2.24, 2.45) is 5.41 Å². The van der Waals surface area contributed by atoms with Gasteiger partial charge in [0.15, 0.2) is 5.41 Å². The smallest absolute Gasteiger partial charge is 0.406 e. The summed E-state index contributed by atoms with van der Waals surface area (Å²) in [5.74, 6) is -2.76. The van der Waals surface area contributed by atoms with Gasteiger partial charge in [0.1, 0.15) is 6.04 Å². The number of hydrogen-bond donors (Lipinski definition) is 1. The fourth-order valence-corrected chi connectivity index (χ4v) is 3.43. The first kappa shape index (κ1) is 18.5. The van der Waals surface area contributed by atoms with E-state index < -0.39 is 42.5 Å². The lowest BCUT2D eigenvalue weighted by Crippen LogP contribution is -2.54. The zero-order valence-electron chi connectivity index (χ0n) is 13.4. The predicted octanol–water partition coefficient (Wildman–Crippen LogP) is 1.64. The van der Waals surface area contributed by atoms with E-state index in [4.69, 9.17) is 5.11 Å². The minimum Gasteiger partial charge on any atom is -0.481 e. The first-order valence-corrected chi connectivity index (χ1v) is 8.02. The number of piperidine rings is 1. The van der Waals surface area contributed by atoms with Crippen molar-refractivity contribution < 1.29 is 32.7 Å².